The highest BCUT2D eigenvalue weighted by Crippen LogP contribution is 2.31. The van der Waals surface area contributed by atoms with Crippen LogP contribution in [0.2, 0.25) is 5.15 Å². The first kappa shape index (κ1) is 11.7. The summed E-state index contributed by atoms with van der Waals surface area (Å²) in [4.78, 5) is 14.1. The van der Waals surface area contributed by atoms with Gasteiger partial charge in [0.15, 0.2) is 11.0 Å². The standard InChI is InChI=1S/C12H15ClN4O/c13-9-3-4-10(16-15-9)17-7-1-2-8-5-6-14-12(18)11(8)17/h3-4,8,11H,1-2,5-7H2,(H,14,18)/t8-,11-/m1/s1. The summed E-state index contributed by atoms with van der Waals surface area (Å²) >= 11 is 5.75. The maximum Gasteiger partial charge on any atom is 0.243 e. The number of carbonyl (C=O) groups excluding carboxylic acids is 1. The van der Waals surface area contributed by atoms with Gasteiger partial charge in [-0.25, -0.2) is 0 Å². The number of nitrogens with zero attached hydrogens (tertiary/aromatic N) is 3. The minimum atomic E-state index is -0.0945. The lowest BCUT2D eigenvalue weighted by molar-refractivity contribution is -0.125. The highest BCUT2D eigenvalue weighted by Gasteiger charge is 2.39. The molecule has 0 bridgehead atoms. The number of aromatic nitrogens is 2. The number of anilines is 1. The van der Waals surface area contributed by atoms with Crippen LogP contribution >= 0.6 is 11.6 Å². The largest absolute Gasteiger partial charge is 0.354 e. The molecular weight excluding hydrogens is 252 g/mol. The van der Waals surface area contributed by atoms with E-state index in [9.17, 15) is 4.79 Å². The Morgan fingerprint density at radius 3 is 3.00 bits per heavy atom. The van der Waals surface area contributed by atoms with Crippen LogP contribution in [-0.4, -0.2) is 35.2 Å². The van der Waals surface area contributed by atoms with Gasteiger partial charge in [0.2, 0.25) is 5.91 Å². The van der Waals surface area contributed by atoms with Gasteiger partial charge in [-0.15, -0.1) is 10.2 Å². The Kier molecular flexibility index (Phi) is 3.07. The third-order valence-electron chi connectivity index (χ3n) is 3.75. The van der Waals surface area contributed by atoms with Crippen molar-refractivity contribution in [2.75, 3.05) is 18.0 Å². The molecule has 0 unspecified atom stereocenters. The molecule has 0 saturated carbocycles. The second-order valence-corrected chi connectivity index (χ2v) is 5.22. The first-order valence-corrected chi connectivity index (χ1v) is 6.67. The maximum atomic E-state index is 12.1. The van der Waals surface area contributed by atoms with Gasteiger partial charge in [0.05, 0.1) is 0 Å². The average molecular weight is 267 g/mol. The van der Waals surface area contributed by atoms with E-state index < -0.39 is 0 Å². The predicted molar refractivity (Wildman–Crippen MR) is 68.5 cm³/mol. The van der Waals surface area contributed by atoms with Crippen LogP contribution < -0.4 is 10.2 Å². The monoisotopic (exact) mass is 266 g/mol. The van der Waals surface area contributed by atoms with E-state index in [-0.39, 0.29) is 11.9 Å². The molecule has 2 atom stereocenters. The number of rotatable bonds is 1. The molecule has 3 heterocycles. The molecule has 2 saturated heterocycles. The van der Waals surface area contributed by atoms with Crippen molar-refractivity contribution in [3.63, 3.8) is 0 Å². The predicted octanol–water partition coefficient (Wildman–Crippen LogP) is 1.23. The molecule has 0 radical (unpaired) electrons. The highest BCUT2D eigenvalue weighted by molar-refractivity contribution is 6.29. The van der Waals surface area contributed by atoms with Gasteiger partial charge in [-0.1, -0.05) is 11.6 Å². The summed E-state index contributed by atoms with van der Waals surface area (Å²) in [7, 11) is 0. The van der Waals surface area contributed by atoms with Crippen molar-refractivity contribution in [1.82, 2.24) is 15.5 Å². The number of amides is 1. The molecule has 96 valence electrons. The highest BCUT2D eigenvalue weighted by atomic mass is 35.5. The lowest BCUT2D eigenvalue weighted by atomic mass is 9.83. The summed E-state index contributed by atoms with van der Waals surface area (Å²) in [5.74, 6) is 1.29. The number of hydrogen-bond donors (Lipinski definition) is 1. The molecule has 18 heavy (non-hydrogen) atoms. The Morgan fingerprint density at radius 1 is 1.33 bits per heavy atom. The maximum absolute atomic E-state index is 12.1. The Labute approximate surface area is 111 Å². The molecular formula is C12H15ClN4O. The Hall–Kier alpha value is -1.36. The number of fused-ring (bicyclic) bond motifs is 1. The lowest BCUT2D eigenvalue weighted by Gasteiger charge is -2.43. The first-order valence-electron chi connectivity index (χ1n) is 6.29. The topological polar surface area (TPSA) is 58.1 Å². The zero-order valence-electron chi connectivity index (χ0n) is 9.97. The van der Waals surface area contributed by atoms with E-state index in [1.807, 2.05) is 6.07 Å². The van der Waals surface area contributed by atoms with Gasteiger partial charge >= 0.3 is 0 Å². The van der Waals surface area contributed by atoms with Gasteiger partial charge in [-0.2, -0.15) is 0 Å². The molecule has 1 amide bonds. The van der Waals surface area contributed by atoms with Crippen molar-refractivity contribution in [3.8, 4) is 0 Å². The SMILES string of the molecule is O=C1NCC[C@H]2CCCN(c3ccc(Cl)nn3)[C@@H]12. The molecule has 1 N–H and O–H groups in total. The van der Waals surface area contributed by atoms with Crippen molar-refractivity contribution in [2.24, 2.45) is 5.92 Å². The third-order valence-corrected chi connectivity index (χ3v) is 3.95. The second-order valence-electron chi connectivity index (χ2n) is 4.83. The van der Waals surface area contributed by atoms with Crippen molar-refractivity contribution >= 4 is 23.3 Å². The van der Waals surface area contributed by atoms with Crippen LogP contribution in [0.5, 0.6) is 0 Å². The molecule has 1 aromatic rings. The normalized spacial score (nSPS) is 27.6. The Balaban J connectivity index is 1.89. The van der Waals surface area contributed by atoms with E-state index in [1.165, 1.54) is 0 Å². The van der Waals surface area contributed by atoms with Crippen molar-refractivity contribution in [3.05, 3.63) is 17.3 Å². The smallest absolute Gasteiger partial charge is 0.243 e. The molecule has 0 aromatic carbocycles. The van der Waals surface area contributed by atoms with Crippen LogP contribution in [0, 0.1) is 5.92 Å². The number of carbonyl (C=O) groups is 1. The van der Waals surface area contributed by atoms with Gasteiger partial charge in [-0.3, -0.25) is 4.79 Å². The summed E-state index contributed by atoms with van der Waals surface area (Å²) in [6.07, 6.45) is 3.27. The fourth-order valence-corrected chi connectivity index (χ4v) is 3.04. The van der Waals surface area contributed by atoms with Crippen molar-refractivity contribution in [2.45, 2.75) is 25.3 Å². The average Bonchev–Trinajstić information content (AvgIpc) is 2.39. The van der Waals surface area contributed by atoms with E-state index in [1.54, 1.807) is 6.07 Å². The van der Waals surface area contributed by atoms with Crippen LogP contribution in [0.3, 0.4) is 0 Å². The zero-order valence-corrected chi connectivity index (χ0v) is 10.7. The van der Waals surface area contributed by atoms with Gasteiger partial charge in [-0.05, 0) is 37.3 Å². The van der Waals surface area contributed by atoms with Crippen LogP contribution in [0.15, 0.2) is 12.1 Å². The van der Waals surface area contributed by atoms with E-state index >= 15 is 0 Å². The third kappa shape index (κ3) is 2.03. The van der Waals surface area contributed by atoms with Crippen LogP contribution in [-0.2, 0) is 4.79 Å². The molecule has 1 aromatic heterocycles. The number of piperidine rings is 2. The first-order chi connectivity index (χ1) is 8.75. The van der Waals surface area contributed by atoms with E-state index in [4.69, 9.17) is 11.6 Å². The molecule has 3 rings (SSSR count). The van der Waals surface area contributed by atoms with Gasteiger partial charge < -0.3 is 10.2 Å². The quantitative estimate of drug-likeness (QED) is 0.831. The molecule has 2 fully saturated rings. The van der Waals surface area contributed by atoms with Crippen LogP contribution in [0.1, 0.15) is 19.3 Å². The number of nitrogens with one attached hydrogen (secondary N) is 1. The van der Waals surface area contributed by atoms with Gasteiger partial charge in [0.1, 0.15) is 6.04 Å². The fourth-order valence-electron chi connectivity index (χ4n) is 2.94. The van der Waals surface area contributed by atoms with E-state index in [0.717, 1.165) is 38.2 Å². The zero-order chi connectivity index (χ0) is 12.5. The van der Waals surface area contributed by atoms with Crippen molar-refractivity contribution < 1.29 is 4.79 Å². The van der Waals surface area contributed by atoms with Gasteiger partial charge in [0.25, 0.3) is 0 Å². The summed E-state index contributed by atoms with van der Waals surface area (Å²) in [6, 6.07) is 3.45. The minimum absolute atomic E-state index is 0.0945. The molecule has 2 aliphatic heterocycles. The molecule has 6 heteroatoms. The molecule has 0 aliphatic carbocycles. The molecule has 5 nitrogen and oxygen atoms in total. The summed E-state index contributed by atoms with van der Waals surface area (Å²) in [5, 5.41) is 11.3. The number of halogens is 1. The summed E-state index contributed by atoms with van der Waals surface area (Å²) < 4.78 is 0. The lowest BCUT2D eigenvalue weighted by Crippen LogP contribution is -2.58. The summed E-state index contributed by atoms with van der Waals surface area (Å²) in [5.41, 5.74) is 0. The fraction of sp³-hybridized carbons (Fsp3) is 0.583. The van der Waals surface area contributed by atoms with Crippen LogP contribution in [0.25, 0.3) is 0 Å². The second kappa shape index (κ2) is 4.72. The van der Waals surface area contributed by atoms with Crippen LogP contribution in [0.4, 0.5) is 5.82 Å². The number of hydrogen-bond acceptors (Lipinski definition) is 4. The Bertz CT molecular complexity index is 448. The minimum Gasteiger partial charge on any atom is -0.354 e. The van der Waals surface area contributed by atoms with E-state index in [2.05, 4.69) is 20.4 Å². The molecule has 2 aliphatic rings. The Morgan fingerprint density at radius 2 is 2.22 bits per heavy atom. The van der Waals surface area contributed by atoms with Crippen molar-refractivity contribution in [1.29, 1.82) is 0 Å². The molecule has 0 spiro atoms. The summed E-state index contributed by atoms with van der Waals surface area (Å²) in [6.45, 7) is 1.64. The van der Waals surface area contributed by atoms with Gasteiger partial charge in [0, 0.05) is 13.1 Å². The van der Waals surface area contributed by atoms with E-state index in [0.29, 0.717) is 11.1 Å².